The minimum absolute atomic E-state index is 0.0684. The molecule has 1 aromatic carbocycles. The molecule has 0 atom stereocenters. The molecule has 3 heterocycles. The predicted molar refractivity (Wildman–Crippen MR) is 126 cm³/mol. The van der Waals surface area contributed by atoms with Gasteiger partial charge in [-0.3, -0.25) is 9.20 Å². The number of carbonyl (C=O) groups is 1. The van der Waals surface area contributed by atoms with Gasteiger partial charge in [0.15, 0.2) is 4.96 Å². The van der Waals surface area contributed by atoms with E-state index in [4.69, 9.17) is 0 Å². The van der Waals surface area contributed by atoms with E-state index in [1.807, 2.05) is 12.1 Å². The third-order valence-electron chi connectivity index (χ3n) is 6.64. The number of carbonyl (C=O) groups excluding carboxylic acids is 1. The first-order valence-corrected chi connectivity index (χ1v) is 12.4. The molecule has 1 saturated carbocycles. The molecule has 31 heavy (non-hydrogen) atoms. The zero-order valence-electron chi connectivity index (χ0n) is 17.9. The normalized spacial score (nSPS) is 18.1. The molecule has 0 unspecified atom stereocenters. The third kappa shape index (κ3) is 4.93. The molecule has 3 aromatic rings. The van der Waals surface area contributed by atoms with Crippen molar-refractivity contribution in [2.75, 3.05) is 24.5 Å². The molecular weight excluding hydrogens is 406 g/mol. The van der Waals surface area contributed by atoms with Gasteiger partial charge < -0.3 is 15.5 Å². The predicted octanol–water partition coefficient (Wildman–Crippen LogP) is 3.87. The molecule has 2 fully saturated rings. The van der Waals surface area contributed by atoms with Crippen molar-refractivity contribution in [2.24, 2.45) is 0 Å². The molecule has 6 nitrogen and oxygen atoms in total. The van der Waals surface area contributed by atoms with E-state index in [2.05, 4.69) is 54.8 Å². The van der Waals surface area contributed by atoms with Gasteiger partial charge in [-0.25, -0.2) is 4.98 Å². The summed E-state index contributed by atoms with van der Waals surface area (Å²) in [6.07, 6.45) is 12.2. The molecule has 2 N–H and O–H groups in total. The number of hydrogen-bond donors (Lipinski definition) is 2. The van der Waals surface area contributed by atoms with E-state index >= 15 is 0 Å². The van der Waals surface area contributed by atoms with Crippen LogP contribution < -0.4 is 15.5 Å². The average molecular weight is 438 g/mol. The summed E-state index contributed by atoms with van der Waals surface area (Å²) in [6.45, 7) is 3.07. The van der Waals surface area contributed by atoms with Crippen molar-refractivity contribution < 1.29 is 4.79 Å². The van der Waals surface area contributed by atoms with Gasteiger partial charge in [-0.15, -0.1) is 11.3 Å². The molecule has 7 heteroatoms. The number of amides is 1. The van der Waals surface area contributed by atoms with Crippen LogP contribution in [0.1, 0.15) is 54.6 Å². The minimum Gasteiger partial charge on any atom is -0.371 e. The Morgan fingerprint density at radius 3 is 2.58 bits per heavy atom. The Balaban J connectivity index is 1.06. The van der Waals surface area contributed by atoms with Crippen molar-refractivity contribution in [3.63, 3.8) is 0 Å². The Labute approximate surface area is 187 Å². The lowest BCUT2D eigenvalue weighted by molar-refractivity contribution is 0.0938. The van der Waals surface area contributed by atoms with Gasteiger partial charge in [0.2, 0.25) is 0 Å². The Morgan fingerprint density at radius 2 is 1.84 bits per heavy atom. The summed E-state index contributed by atoms with van der Waals surface area (Å²) in [4.78, 5) is 20.6. The monoisotopic (exact) mass is 437 g/mol. The van der Waals surface area contributed by atoms with E-state index in [0.29, 0.717) is 12.1 Å². The molecule has 5 rings (SSSR count). The van der Waals surface area contributed by atoms with Crippen molar-refractivity contribution in [2.45, 2.75) is 57.0 Å². The number of aromatic nitrogens is 2. The minimum atomic E-state index is 0.0684. The van der Waals surface area contributed by atoms with E-state index in [9.17, 15) is 4.79 Å². The molecule has 1 aliphatic carbocycles. The van der Waals surface area contributed by atoms with Gasteiger partial charge in [0.1, 0.15) is 0 Å². The summed E-state index contributed by atoms with van der Waals surface area (Å²) < 4.78 is 2.10. The second-order valence-electron chi connectivity index (χ2n) is 8.79. The second-order valence-corrected chi connectivity index (χ2v) is 9.67. The fourth-order valence-electron chi connectivity index (χ4n) is 4.81. The Morgan fingerprint density at radius 1 is 1.06 bits per heavy atom. The van der Waals surface area contributed by atoms with E-state index in [0.717, 1.165) is 68.0 Å². The molecule has 1 saturated heterocycles. The Bertz CT molecular complexity index is 968. The van der Waals surface area contributed by atoms with Gasteiger partial charge >= 0.3 is 0 Å². The summed E-state index contributed by atoms with van der Waals surface area (Å²) in [5.74, 6) is 0.0684. The topological polar surface area (TPSA) is 61.7 Å². The first kappa shape index (κ1) is 20.5. The largest absolute Gasteiger partial charge is 0.371 e. The van der Waals surface area contributed by atoms with Crippen LogP contribution in [0.25, 0.3) is 4.96 Å². The lowest BCUT2D eigenvalue weighted by Crippen LogP contribution is -2.43. The standard InChI is InChI=1S/C24H31N5OS/c30-23(26-20-3-1-2-4-20)18-5-7-22(8-6-18)28-13-10-19(11-14-28)25-12-9-21-17-29-15-16-31-24(29)27-21/h5-8,15-17,19-20,25H,1-4,9-14H2,(H,26,30). The van der Waals surface area contributed by atoms with E-state index < -0.39 is 0 Å². The summed E-state index contributed by atoms with van der Waals surface area (Å²) >= 11 is 1.68. The number of nitrogens with one attached hydrogen (secondary N) is 2. The number of thiazole rings is 1. The first-order valence-electron chi connectivity index (χ1n) is 11.5. The molecule has 0 bridgehead atoms. The van der Waals surface area contributed by atoms with Crippen LogP contribution in [0, 0.1) is 0 Å². The van der Waals surface area contributed by atoms with Crippen LogP contribution in [-0.2, 0) is 6.42 Å². The number of anilines is 1. The SMILES string of the molecule is O=C(NC1CCCC1)c1ccc(N2CCC(NCCc3cn4ccsc4n3)CC2)cc1. The van der Waals surface area contributed by atoms with Gasteiger partial charge in [0.05, 0.1) is 5.69 Å². The molecule has 0 radical (unpaired) electrons. The lowest BCUT2D eigenvalue weighted by Gasteiger charge is -2.34. The van der Waals surface area contributed by atoms with Crippen molar-refractivity contribution in [1.82, 2.24) is 20.0 Å². The zero-order chi connectivity index (χ0) is 21.0. The summed E-state index contributed by atoms with van der Waals surface area (Å²) in [5, 5.41) is 8.95. The summed E-state index contributed by atoms with van der Waals surface area (Å²) in [6, 6.07) is 9.07. The molecule has 2 aromatic heterocycles. The van der Waals surface area contributed by atoms with Crippen LogP contribution in [-0.4, -0.2) is 47.0 Å². The second kappa shape index (κ2) is 9.40. The average Bonchev–Trinajstić information content (AvgIpc) is 3.53. The van der Waals surface area contributed by atoms with Gasteiger partial charge in [0.25, 0.3) is 5.91 Å². The van der Waals surface area contributed by atoms with E-state index in [-0.39, 0.29) is 5.91 Å². The number of rotatable bonds is 7. The number of nitrogens with zero attached hydrogens (tertiary/aromatic N) is 3. The van der Waals surface area contributed by atoms with E-state index in [1.165, 1.54) is 18.5 Å². The van der Waals surface area contributed by atoms with Crippen molar-refractivity contribution in [3.8, 4) is 0 Å². The van der Waals surface area contributed by atoms with Crippen molar-refractivity contribution in [1.29, 1.82) is 0 Å². The number of imidazole rings is 1. The highest BCUT2D eigenvalue weighted by molar-refractivity contribution is 7.15. The highest BCUT2D eigenvalue weighted by atomic mass is 32.1. The fraction of sp³-hybridized carbons (Fsp3) is 0.500. The fourth-order valence-corrected chi connectivity index (χ4v) is 5.52. The highest BCUT2D eigenvalue weighted by Gasteiger charge is 2.20. The number of fused-ring (bicyclic) bond motifs is 1. The van der Waals surface area contributed by atoms with Crippen LogP contribution in [0.4, 0.5) is 5.69 Å². The number of hydrogen-bond acceptors (Lipinski definition) is 5. The van der Waals surface area contributed by atoms with Crippen LogP contribution in [0.2, 0.25) is 0 Å². The van der Waals surface area contributed by atoms with Crippen molar-refractivity contribution in [3.05, 3.63) is 53.3 Å². The number of benzene rings is 1. The zero-order valence-corrected chi connectivity index (χ0v) is 18.7. The molecule has 0 spiro atoms. The molecular formula is C24H31N5OS. The van der Waals surface area contributed by atoms with Crippen LogP contribution in [0.15, 0.2) is 42.0 Å². The van der Waals surface area contributed by atoms with Crippen LogP contribution in [0.5, 0.6) is 0 Å². The number of piperidine rings is 1. The molecule has 1 aliphatic heterocycles. The van der Waals surface area contributed by atoms with Gasteiger partial charge in [-0.05, 0) is 49.9 Å². The lowest BCUT2D eigenvalue weighted by atomic mass is 10.0. The van der Waals surface area contributed by atoms with Gasteiger partial charge in [-0.2, -0.15) is 0 Å². The maximum atomic E-state index is 12.4. The van der Waals surface area contributed by atoms with Crippen molar-refractivity contribution >= 4 is 27.9 Å². The molecule has 164 valence electrons. The highest BCUT2D eigenvalue weighted by Crippen LogP contribution is 2.22. The van der Waals surface area contributed by atoms with Gasteiger partial charge in [-0.1, -0.05) is 12.8 Å². The summed E-state index contributed by atoms with van der Waals surface area (Å²) in [7, 11) is 0. The quantitative estimate of drug-likeness (QED) is 0.589. The summed E-state index contributed by atoms with van der Waals surface area (Å²) in [5.41, 5.74) is 3.15. The maximum absolute atomic E-state index is 12.4. The molecule has 1 amide bonds. The Kier molecular flexibility index (Phi) is 6.22. The van der Waals surface area contributed by atoms with E-state index in [1.54, 1.807) is 11.3 Å². The molecule has 2 aliphatic rings. The Hall–Kier alpha value is -2.38. The maximum Gasteiger partial charge on any atom is 0.251 e. The first-order chi connectivity index (χ1) is 15.2. The van der Waals surface area contributed by atoms with Gasteiger partial charge in [0, 0.05) is 67.2 Å². The smallest absolute Gasteiger partial charge is 0.251 e. The van der Waals surface area contributed by atoms with Crippen LogP contribution in [0.3, 0.4) is 0 Å². The third-order valence-corrected chi connectivity index (χ3v) is 7.41. The van der Waals surface area contributed by atoms with Crippen LogP contribution >= 0.6 is 11.3 Å².